The molecule has 2 rings (SSSR count). The van der Waals surface area contributed by atoms with Crippen molar-refractivity contribution >= 4 is 6.34 Å². The van der Waals surface area contributed by atoms with Gasteiger partial charge in [0.25, 0.3) is 0 Å². The summed E-state index contributed by atoms with van der Waals surface area (Å²) < 4.78 is 0. The van der Waals surface area contributed by atoms with Crippen molar-refractivity contribution in [2.75, 3.05) is 0 Å². The first-order valence-corrected chi connectivity index (χ1v) is 4.08. The first kappa shape index (κ1) is 7.35. The van der Waals surface area contributed by atoms with Gasteiger partial charge >= 0.3 is 0 Å². The number of fused-ring (bicyclic) bond motifs is 1. The average Bonchev–Trinajstić information content (AvgIpc) is 2.02. The molecule has 0 spiro atoms. The topological polar surface area (TPSA) is 15.6 Å². The Morgan fingerprint density at radius 3 is 3.08 bits per heavy atom. The van der Waals surface area contributed by atoms with Crippen LogP contribution in [-0.2, 0) is 0 Å². The summed E-state index contributed by atoms with van der Waals surface area (Å²) in [5, 5.41) is 0. The summed E-state index contributed by atoms with van der Waals surface area (Å²) in [5.74, 6) is 0. The molecule has 0 unspecified atom stereocenters. The predicted octanol–water partition coefficient (Wildman–Crippen LogP) is 2.28. The van der Waals surface area contributed by atoms with Crippen LogP contribution in [0.2, 0.25) is 0 Å². The van der Waals surface area contributed by atoms with Crippen LogP contribution in [0.3, 0.4) is 0 Å². The van der Waals surface area contributed by atoms with E-state index in [-0.39, 0.29) is 5.41 Å². The third-order valence-corrected chi connectivity index (χ3v) is 2.01. The lowest BCUT2D eigenvalue weighted by Gasteiger charge is -2.28. The van der Waals surface area contributed by atoms with Gasteiger partial charge in [0.2, 0.25) is 0 Å². The molecule has 0 amide bonds. The fraction of sp³-hybridized carbons (Fsp3) is 0.300. The van der Waals surface area contributed by atoms with Crippen LogP contribution in [0.5, 0.6) is 0 Å². The summed E-state index contributed by atoms with van der Waals surface area (Å²) in [7, 11) is 0. The second-order valence-electron chi connectivity index (χ2n) is 3.69. The maximum Gasteiger partial charge on any atom is 0.0990 e. The first-order chi connectivity index (χ1) is 5.67. The van der Waals surface area contributed by atoms with Crippen LogP contribution < -0.4 is 0 Å². The summed E-state index contributed by atoms with van der Waals surface area (Å²) in [6.07, 6.45) is 12.1. The molecular weight excluding hydrogens is 148 g/mol. The van der Waals surface area contributed by atoms with Crippen LogP contribution >= 0.6 is 0 Å². The fourth-order valence-corrected chi connectivity index (χ4v) is 1.33. The van der Waals surface area contributed by atoms with Gasteiger partial charge in [0, 0.05) is 23.5 Å². The zero-order valence-electron chi connectivity index (χ0n) is 7.36. The van der Waals surface area contributed by atoms with Gasteiger partial charge in [-0.25, -0.2) is 4.99 Å². The molecule has 0 aromatic carbocycles. The van der Waals surface area contributed by atoms with E-state index in [1.54, 1.807) is 0 Å². The predicted molar refractivity (Wildman–Crippen MR) is 50.5 cm³/mol. The molecule has 62 valence electrons. The molecule has 0 saturated carbocycles. The minimum Gasteiger partial charge on any atom is -0.308 e. The number of allylic oxidation sites excluding steroid dienone is 3. The summed E-state index contributed by atoms with van der Waals surface area (Å²) >= 11 is 0. The molecule has 0 bridgehead atoms. The Hall–Kier alpha value is -1.31. The van der Waals surface area contributed by atoms with E-state index in [2.05, 4.69) is 37.2 Å². The van der Waals surface area contributed by atoms with Crippen LogP contribution in [0.15, 0.2) is 41.3 Å². The largest absolute Gasteiger partial charge is 0.308 e. The lowest BCUT2D eigenvalue weighted by atomic mass is 9.90. The first-order valence-electron chi connectivity index (χ1n) is 4.08. The maximum atomic E-state index is 4.04. The van der Waals surface area contributed by atoms with Crippen LogP contribution in [0.25, 0.3) is 0 Å². The molecule has 2 aliphatic heterocycles. The number of aliphatic imine (C=N–C) groups is 1. The van der Waals surface area contributed by atoms with Gasteiger partial charge in [0.15, 0.2) is 0 Å². The second kappa shape index (κ2) is 2.34. The van der Waals surface area contributed by atoms with Gasteiger partial charge in [-0.05, 0) is 6.08 Å². The van der Waals surface area contributed by atoms with Crippen LogP contribution in [-0.4, -0.2) is 11.2 Å². The van der Waals surface area contributed by atoms with E-state index in [1.807, 2.05) is 23.5 Å². The second-order valence-corrected chi connectivity index (χ2v) is 3.69. The normalized spacial score (nSPS) is 23.8. The molecule has 0 N–H and O–H groups in total. The molecule has 2 nitrogen and oxygen atoms in total. The van der Waals surface area contributed by atoms with Crippen LogP contribution in [0.4, 0.5) is 0 Å². The molecule has 0 aromatic rings. The Bertz CT molecular complexity index is 306. The number of hydrogen-bond donors (Lipinski definition) is 0. The third-order valence-electron chi connectivity index (χ3n) is 2.01. The Balaban J connectivity index is 2.36. The monoisotopic (exact) mass is 160 g/mol. The summed E-state index contributed by atoms with van der Waals surface area (Å²) in [5.41, 5.74) is 1.37. The number of nitrogens with zero attached hydrogens (tertiary/aromatic N) is 2. The zero-order chi connectivity index (χ0) is 8.60. The highest BCUT2D eigenvalue weighted by atomic mass is 15.2. The average molecular weight is 160 g/mol. The SMILES string of the molecule is CC1(C)C=CN2C=NC=CC2=C1. The molecule has 0 saturated heterocycles. The lowest BCUT2D eigenvalue weighted by molar-refractivity contribution is 0.557. The smallest absolute Gasteiger partial charge is 0.0990 e. The molecule has 2 heterocycles. The van der Waals surface area contributed by atoms with Gasteiger partial charge < -0.3 is 4.90 Å². The third kappa shape index (κ3) is 1.20. The Kier molecular flexibility index (Phi) is 1.43. The standard InChI is InChI=1S/C10H12N2/c1-10(2)4-6-12-8-11-5-3-9(12)7-10/h3-8H,1-2H3. The van der Waals surface area contributed by atoms with E-state index in [1.165, 1.54) is 5.70 Å². The minimum atomic E-state index is 0.168. The Morgan fingerprint density at radius 2 is 2.25 bits per heavy atom. The molecule has 0 aromatic heterocycles. The van der Waals surface area contributed by atoms with Gasteiger partial charge in [0.05, 0.1) is 6.34 Å². The van der Waals surface area contributed by atoms with Crippen molar-refractivity contribution in [3.05, 3.63) is 36.3 Å². The van der Waals surface area contributed by atoms with Crippen molar-refractivity contribution in [3.8, 4) is 0 Å². The van der Waals surface area contributed by atoms with E-state index >= 15 is 0 Å². The molecule has 0 aliphatic carbocycles. The lowest BCUT2D eigenvalue weighted by Crippen LogP contribution is -2.22. The highest BCUT2D eigenvalue weighted by Gasteiger charge is 2.18. The molecule has 0 fully saturated rings. The quantitative estimate of drug-likeness (QED) is 0.530. The van der Waals surface area contributed by atoms with Gasteiger partial charge in [-0.3, -0.25) is 0 Å². The Labute approximate surface area is 72.6 Å². The summed E-state index contributed by atoms with van der Waals surface area (Å²) in [6.45, 7) is 4.38. The van der Waals surface area contributed by atoms with E-state index in [0.717, 1.165) is 0 Å². The van der Waals surface area contributed by atoms with E-state index in [0.29, 0.717) is 0 Å². The van der Waals surface area contributed by atoms with Crippen LogP contribution in [0.1, 0.15) is 13.8 Å². The molecule has 2 aliphatic rings. The van der Waals surface area contributed by atoms with Crippen molar-refractivity contribution in [1.82, 2.24) is 4.90 Å². The summed E-state index contributed by atoms with van der Waals surface area (Å²) in [6, 6.07) is 0. The Morgan fingerprint density at radius 1 is 1.42 bits per heavy atom. The van der Waals surface area contributed by atoms with Crippen molar-refractivity contribution in [2.45, 2.75) is 13.8 Å². The van der Waals surface area contributed by atoms with Crippen LogP contribution in [0, 0.1) is 5.41 Å². The fourth-order valence-electron chi connectivity index (χ4n) is 1.33. The van der Waals surface area contributed by atoms with Gasteiger partial charge in [-0.2, -0.15) is 0 Å². The van der Waals surface area contributed by atoms with E-state index in [9.17, 15) is 0 Å². The van der Waals surface area contributed by atoms with Gasteiger partial charge in [0.1, 0.15) is 0 Å². The highest BCUT2D eigenvalue weighted by molar-refractivity contribution is 5.64. The maximum absolute atomic E-state index is 4.04. The van der Waals surface area contributed by atoms with E-state index in [4.69, 9.17) is 0 Å². The number of hydrogen-bond acceptors (Lipinski definition) is 2. The van der Waals surface area contributed by atoms with Gasteiger partial charge in [-0.1, -0.05) is 26.0 Å². The van der Waals surface area contributed by atoms with Crippen molar-refractivity contribution in [2.24, 2.45) is 10.4 Å². The zero-order valence-corrected chi connectivity index (χ0v) is 7.36. The molecular formula is C10H12N2. The van der Waals surface area contributed by atoms with E-state index < -0.39 is 0 Å². The minimum absolute atomic E-state index is 0.168. The van der Waals surface area contributed by atoms with Crippen molar-refractivity contribution in [3.63, 3.8) is 0 Å². The molecule has 12 heavy (non-hydrogen) atoms. The van der Waals surface area contributed by atoms with Crippen molar-refractivity contribution < 1.29 is 0 Å². The van der Waals surface area contributed by atoms with Crippen molar-refractivity contribution in [1.29, 1.82) is 0 Å². The highest BCUT2D eigenvalue weighted by Crippen LogP contribution is 2.28. The van der Waals surface area contributed by atoms with Gasteiger partial charge in [-0.15, -0.1) is 0 Å². The number of rotatable bonds is 0. The summed E-state index contributed by atoms with van der Waals surface area (Å²) in [4.78, 5) is 6.06. The molecule has 0 atom stereocenters. The molecule has 2 heteroatoms. The molecule has 0 radical (unpaired) electrons.